The molecule has 3 aliphatic heterocycles. The first-order chi connectivity index (χ1) is 17.0. The number of rotatable bonds is 3. The molecule has 4 heterocycles. The molecule has 36 heavy (non-hydrogen) atoms. The van der Waals surface area contributed by atoms with Crippen LogP contribution in [0.5, 0.6) is 5.75 Å². The number of cyclic esters (lactones) is 1. The van der Waals surface area contributed by atoms with Crippen LogP contribution in [0.1, 0.15) is 75.9 Å². The van der Waals surface area contributed by atoms with E-state index in [0.717, 1.165) is 22.4 Å². The number of anilines is 1. The van der Waals surface area contributed by atoms with Crippen LogP contribution in [0, 0.1) is 0 Å². The van der Waals surface area contributed by atoms with Crippen molar-refractivity contribution >= 4 is 23.4 Å². The first-order valence-corrected chi connectivity index (χ1v) is 12.2. The number of carbonyl (C=O) groups is 2. The smallest absolute Gasteiger partial charge is 0.458 e. The Balaban J connectivity index is 1.56. The lowest BCUT2D eigenvalue weighted by atomic mass is 9.84. The summed E-state index contributed by atoms with van der Waals surface area (Å²) in [7, 11) is 0. The fraction of sp³-hybridized carbons (Fsp3) is 0.444. The second kappa shape index (κ2) is 8.23. The zero-order chi connectivity index (χ0) is 26.0. The number of carbonyl (C=O) groups excluding carboxylic acids is 2. The summed E-state index contributed by atoms with van der Waals surface area (Å²) in [4.78, 5) is 38.0. The van der Waals surface area contributed by atoms with Gasteiger partial charge in [-0.3, -0.25) is 4.79 Å². The maximum absolute atomic E-state index is 13.5. The first-order valence-electron chi connectivity index (χ1n) is 12.2. The summed E-state index contributed by atoms with van der Waals surface area (Å²) >= 11 is 0. The predicted molar refractivity (Wildman–Crippen MR) is 132 cm³/mol. The Morgan fingerprint density at radius 1 is 1.25 bits per heavy atom. The molecule has 2 atom stereocenters. The molecule has 0 saturated heterocycles. The molecule has 0 radical (unpaired) electrons. The van der Waals surface area contributed by atoms with Gasteiger partial charge in [0, 0.05) is 29.1 Å². The van der Waals surface area contributed by atoms with Gasteiger partial charge in [-0.25, -0.2) is 9.59 Å². The minimum Gasteiger partial charge on any atom is -0.458 e. The summed E-state index contributed by atoms with van der Waals surface area (Å²) in [6, 6.07) is 6.80. The van der Waals surface area contributed by atoms with E-state index in [0.29, 0.717) is 35.5 Å². The Hall–Kier alpha value is -3.59. The fourth-order valence-corrected chi connectivity index (χ4v) is 5.27. The molecule has 0 bridgehead atoms. The van der Waals surface area contributed by atoms with Gasteiger partial charge < -0.3 is 29.2 Å². The van der Waals surface area contributed by atoms with E-state index in [1.165, 1.54) is 0 Å². The number of esters is 1. The highest BCUT2D eigenvalue weighted by Gasteiger charge is 2.46. The highest BCUT2D eigenvalue weighted by atomic mass is 16.7. The van der Waals surface area contributed by atoms with E-state index >= 15 is 0 Å². The van der Waals surface area contributed by atoms with Gasteiger partial charge in [0.2, 0.25) is 0 Å². The molecule has 5 rings (SSSR count). The lowest BCUT2D eigenvalue weighted by molar-refractivity contribution is -0.172. The molecule has 2 aromatic rings. The van der Waals surface area contributed by atoms with Crippen molar-refractivity contribution in [3.63, 3.8) is 0 Å². The molecule has 1 aromatic heterocycles. The lowest BCUT2D eigenvalue weighted by Crippen LogP contribution is -2.44. The van der Waals surface area contributed by atoms with Crippen LogP contribution in [0.3, 0.4) is 0 Å². The van der Waals surface area contributed by atoms with Crippen LogP contribution in [0.15, 0.2) is 34.6 Å². The molecule has 0 aliphatic carbocycles. The number of nitrogens with one attached hydrogen (secondary N) is 1. The van der Waals surface area contributed by atoms with Gasteiger partial charge in [0.1, 0.15) is 18.0 Å². The number of aromatic nitrogens is 1. The van der Waals surface area contributed by atoms with Crippen LogP contribution in [0.4, 0.5) is 10.5 Å². The average molecular weight is 495 g/mol. The zero-order valence-corrected chi connectivity index (χ0v) is 21.1. The molecule has 2 unspecified atom stereocenters. The number of pyridine rings is 1. The molecule has 2 N–H and O–H groups in total. The molecule has 0 amide bonds. The van der Waals surface area contributed by atoms with Gasteiger partial charge in [0.25, 0.3) is 5.56 Å². The standard InChI is InChI=1S/C27H30N2O7/c1-6-15-16-10-14(35-25(32)36-26(3,4)5)8-9-20(16)28-22-17(15)12-29-21(22)11-19-18(23(29)30)13-34-24(31)27(19,33)7-2/h8-11,22,28,33H,6-7,12-13H2,1-5H3. The summed E-state index contributed by atoms with van der Waals surface area (Å²) in [5.41, 5.74) is 2.34. The van der Waals surface area contributed by atoms with Crippen LogP contribution in [0.2, 0.25) is 0 Å². The van der Waals surface area contributed by atoms with Crippen molar-refractivity contribution in [2.45, 2.75) is 77.9 Å². The number of ether oxygens (including phenoxy) is 3. The summed E-state index contributed by atoms with van der Waals surface area (Å²) in [5, 5.41) is 14.6. The second-order valence-corrected chi connectivity index (χ2v) is 10.4. The SMILES string of the molecule is CCC1=C2Cn3c(cc4c(c3=O)COC(=O)C4(O)CC)C2Nc2ccc(OC(=O)OC(C)(C)C)cc21. The second-order valence-electron chi connectivity index (χ2n) is 10.4. The molecule has 9 heteroatoms. The summed E-state index contributed by atoms with van der Waals surface area (Å²) in [5.74, 6) is -0.370. The fourth-order valence-electron chi connectivity index (χ4n) is 5.27. The normalized spacial score (nSPS) is 22.1. The lowest BCUT2D eigenvalue weighted by Gasteiger charge is -2.32. The number of nitrogens with zero attached hydrogens (tertiary/aromatic N) is 1. The monoisotopic (exact) mass is 494 g/mol. The van der Waals surface area contributed by atoms with Gasteiger partial charge in [-0.05, 0) is 69.0 Å². The van der Waals surface area contributed by atoms with E-state index in [1.54, 1.807) is 50.5 Å². The van der Waals surface area contributed by atoms with Gasteiger partial charge in [-0.2, -0.15) is 0 Å². The molecular weight excluding hydrogens is 464 g/mol. The van der Waals surface area contributed by atoms with Gasteiger partial charge in [-0.1, -0.05) is 13.8 Å². The number of aliphatic hydroxyl groups is 1. The van der Waals surface area contributed by atoms with Crippen LogP contribution in [0.25, 0.3) is 5.57 Å². The Morgan fingerprint density at radius 2 is 2.00 bits per heavy atom. The van der Waals surface area contributed by atoms with Crippen molar-refractivity contribution in [3.8, 4) is 5.75 Å². The molecule has 190 valence electrons. The van der Waals surface area contributed by atoms with Gasteiger partial charge in [0.15, 0.2) is 5.60 Å². The maximum atomic E-state index is 13.5. The quantitative estimate of drug-likeness (QED) is 0.483. The van der Waals surface area contributed by atoms with Gasteiger partial charge >= 0.3 is 12.1 Å². The number of hydrogen-bond acceptors (Lipinski definition) is 8. The predicted octanol–water partition coefficient (Wildman–Crippen LogP) is 4.16. The Labute approximate surface area is 208 Å². The molecule has 1 aromatic carbocycles. The number of benzene rings is 1. The van der Waals surface area contributed by atoms with Crippen molar-refractivity contribution in [2.75, 3.05) is 5.32 Å². The van der Waals surface area contributed by atoms with Gasteiger partial charge in [0.05, 0.1) is 11.6 Å². The molecule has 9 nitrogen and oxygen atoms in total. The molecule has 0 fully saturated rings. The molecule has 3 aliphatic rings. The van der Waals surface area contributed by atoms with Crippen LogP contribution in [-0.4, -0.2) is 27.4 Å². The third-order valence-corrected chi connectivity index (χ3v) is 7.00. The summed E-state index contributed by atoms with van der Waals surface area (Å²) in [6.07, 6.45) is 0.0195. The van der Waals surface area contributed by atoms with E-state index < -0.39 is 23.3 Å². The third kappa shape index (κ3) is 3.69. The Morgan fingerprint density at radius 3 is 2.67 bits per heavy atom. The maximum Gasteiger partial charge on any atom is 0.514 e. The summed E-state index contributed by atoms with van der Waals surface area (Å²) < 4.78 is 17.5. The zero-order valence-electron chi connectivity index (χ0n) is 21.1. The van der Waals surface area contributed by atoms with Crippen molar-refractivity contribution in [2.24, 2.45) is 0 Å². The topological polar surface area (TPSA) is 116 Å². The average Bonchev–Trinajstić information content (AvgIpc) is 3.17. The van der Waals surface area contributed by atoms with Crippen molar-refractivity contribution in [1.29, 1.82) is 0 Å². The van der Waals surface area contributed by atoms with E-state index in [2.05, 4.69) is 5.32 Å². The van der Waals surface area contributed by atoms with Crippen molar-refractivity contribution in [1.82, 2.24) is 4.57 Å². The first kappa shape index (κ1) is 24.1. The Kier molecular flexibility index (Phi) is 5.51. The van der Waals surface area contributed by atoms with E-state index in [-0.39, 0.29) is 24.6 Å². The minimum absolute atomic E-state index is 0.103. The molecule has 0 saturated carbocycles. The van der Waals surface area contributed by atoms with Crippen molar-refractivity contribution in [3.05, 3.63) is 62.6 Å². The van der Waals surface area contributed by atoms with Crippen LogP contribution >= 0.6 is 0 Å². The van der Waals surface area contributed by atoms with Crippen LogP contribution < -0.4 is 15.6 Å². The highest BCUT2D eigenvalue weighted by Crippen LogP contribution is 2.47. The number of allylic oxidation sites excluding steroid dienone is 1. The molecule has 0 spiro atoms. The van der Waals surface area contributed by atoms with E-state index in [9.17, 15) is 19.5 Å². The van der Waals surface area contributed by atoms with Crippen LogP contribution in [-0.2, 0) is 33.0 Å². The Bertz CT molecular complexity index is 1380. The summed E-state index contributed by atoms with van der Waals surface area (Å²) in [6.45, 7) is 9.25. The van der Waals surface area contributed by atoms with Crippen molar-refractivity contribution < 1.29 is 28.9 Å². The number of fused-ring (bicyclic) bond motifs is 5. The van der Waals surface area contributed by atoms with E-state index in [1.807, 2.05) is 13.0 Å². The third-order valence-electron chi connectivity index (χ3n) is 7.00. The largest absolute Gasteiger partial charge is 0.514 e. The molecular formula is C27H30N2O7. The minimum atomic E-state index is -1.84. The van der Waals surface area contributed by atoms with Gasteiger partial charge in [-0.15, -0.1) is 0 Å². The number of hydrogen-bond donors (Lipinski definition) is 2. The van der Waals surface area contributed by atoms with E-state index in [4.69, 9.17) is 14.2 Å². The highest BCUT2D eigenvalue weighted by molar-refractivity contribution is 5.86.